The lowest BCUT2D eigenvalue weighted by Crippen LogP contribution is -2.65. The van der Waals surface area contributed by atoms with Gasteiger partial charge in [0.1, 0.15) is 0 Å². The number of benzene rings is 1. The number of hydrogen-bond acceptors (Lipinski definition) is 2. The first-order valence-corrected chi connectivity index (χ1v) is 12.1. The van der Waals surface area contributed by atoms with E-state index in [1.54, 1.807) is 0 Å². The Kier molecular flexibility index (Phi) is 4.05. The fraction of sp³-hybridized carbons (Fsp3) is 0.731. The van der Waals surface area contributed by atoms with Gasteiger partial charge in [0, 0.05) is 12.1 Å². The van der Waals surface area contributed by atoms with Gasteiger partial charge >= 0.3 is 0 Å². The van der Waals surface area contributed by atoms with E-state index in [9.17, 15) is 9.18 Å². The van der Waals surface area contributed by atoms with Crippen LogP contribution in [0.3, 0.4) is 0 Å². The molecule has 162 valence electrons. The Morgan fingerprint density at radius 1 is 1.00 bits per heavy atom. The molecule has 6 fully saturated rings. The Hall–Kier alpha value is -1.42. The number of nitrogens with one attached hydrogen (secondary N) is 1. The molecule has 2 unspecified atom stereocenters. The Bertz CT molecular complexity index is 844. The van der Waals surface area contributed by atoms with E-state index in [4.69, 9.17) is 5.73 Å². The van der Waals surface area contributed by atoms with Crippen molar-refractivity contribution in [3.8, 4) is 0 Å². The van der Waals surface area contributed by atoms with Crippen LogP contribution in [0.5, 0.6) is 0 Å². The summed E-state index contributed by atoms with van der Waals surface area (Å²) in [5.41, 5.74) is 7.56. The highest BCUT2D eigenvalue weighted by molar-refractivity contribution is 5.84. The molecule has 6 saturated carbocycles. The van der Waals surface area contributed by atoms with E-state index in [-0.39, 0.29) is 28.8 Å². The summed E-state index contributed by atoms with van der Waals surface area (Å²) in [7, 11) is 0. The van der Waals surface area contributed by atoms with Gasteiger partial charge in [0.25, 0.3) is 0 Å². The second-order valence-electron chi connectivity index (χ2n) is 12.1. The zero-order valence-corrected chi connectivity index (χ0v) is 18.0. The van der Waals surface area contributed by atoms with Crippen LogP contribution in [0.1, 0.15) is 76.2 Å². The third-order valence-electron chi connectivity index (χ3n) is 9.76. The maximum atomic E-state index is 13.8. The average Bonchev–Trinajstić information content (AvgIpc) is 2.65. The van der Waals surface area contributed by atoms with Crippen LogP contribution in [0, 0.1) is 22.2 Å². The zero-order chi connectivity index (χ0) is 20.6. The molecule has 4 bridgehead atoms. The van der Waals surface area contributed by atoms with Crippen LogP contribution in [0.25, 0.3) is 0 Å². The number of nitrogens with two attached hydrogens (primary N) is 1. The van der Waals surface area contributed by atoms with E-state index in [0.717, 1.165) is 57.8 Å². The van der Waals surface area contributed by atoms with Crippen LogP contribution in [0.2, 0.25) is 0 Å². The smallest absolute Gasteiger partial charge is 0.226 e. The lowest BCUT2D eigenvalue weighted by molar-refractivity contribution is -0.167. The molecule has 6 aliphatic carbocycles. The van der Waals surface area contributed by atoms with Crippen LogP contribution >= 0.6 is 0 Å². The molecule has 4 atom stereocenters. The largest absolute Gasteiger partial charge is 0.353 e. The fourth-order valence-electron chi connectivity index (χ4n) is 9.30. The molecule has 0 radical (unpaired) electrons. The third kappa shape index (κ3) is 2.75. The molecule has 30 heavy (non-hydrogen) atoms. The Balaban J connectivity index is 1.27. The van der Waals surface area contributed by atoms with Crippen molar-refractivity contribution in [3.05, 3.63) is 35.9 Å². The number of hydrogen-bond donors (Lipinski definition) is 2. The highest BCUT2D eigenvalue weighted by Gasteiger charge is 2.66. The summed E-state index contributed by atoms with van der Waals surface area (Å²) >= 11 is 0. The standard InChI is InChI=1S/C26H35FN2O/c27-7-6-23-8-18-9-25(15-23,19-4-2-1-3-5-19)17-26(10-18,16-23)22(30)29-21-13-24(14-21)11-20(28)12-24/h1-5,18,20-21H,6-17,28H2,(H,29,30)/t18?,20?,21?,23-,24?,25-,26?/m1/s1. The van der Waals surface area contributed by atoms with Crippen molar-refractivity contribution in [3.63, 3.8) is 0 Å². The normalized spacial score (nSPS) is 48.3. The van der Waals surface area contributed by atoms with Crippen molar-refractivity contribution in [1.82, 2.24) is 5.32 Å². The summed E-state index contributed by atoms with van der Waals surface area (Å²) in [6, 6.07) is 11.5. The van der Waals surface area contributed by atoms with Gasteiger partial charge in [0.05, 0.1) is 12.1 Å². The van der Waals surface area contributed by atoms with Crippen molar-refractivity contribution >= 4 is 5.91 Å². The van der Waals surface area contributed by atoms with E-state index < -0.39 is 0 Å². The number of rotatable bonds is 5. The molecule has 0 aromatic heterocycles. The molecular weight excluding hydrogens is 375 g/mol. The summed E-state index contributed by atoms with van der Waals surface area (Å²) < 4.78 is 13.7. The first kappa shape index (κ1) is 19.3. The van der Waals surface area contributed by atoms with Crippen molar-refractivity contribution < 1.29 is 9.18 Å². The van der Waals surface area contributed by atoms with Gasteiger partial charge < -0.3 is 11.1 Å². The minimum absolute atomic E-state index is 0.00290. The molecule has 3 N–H and O–H groups in total. The highest BCUT2D eigenvalue weighted by atomic mass is 19.1. The van der Waals surface area contributed by atoms with Crippen molar-refractivity contribution in [2.24, 2.45) is 27.9 Å². The van der Waals surface area contributed by atoms with Crippen LogP contribution in [-0.2, 0) is 10.2 Å². The van der Waals surface area contributed by atoms with Crippen LogP contribution < -0.4 is 11.1 Å². The summed E-state index contributed by atoms with van der Waals surface area (Å²) in [5, 5.41) is 3.47. The molecule has 0 aliphatic heterocycles. The second-order valence-corrected chi connectivity index (χ2v) is 12.1. The van der Waals surface area contributed by atoms with Gasteiger partial charge in [-0.25, -0.2) is 0 Å². The Labute approximate surface area is 179 Å². The van der Waals surface area contributed by atoms with E-state index in [0.29, 0.717) is 29.8 Å². The van der Waals surface area contributed by atoms with E-state index in [2.05, 4.69) is 35.6 Å². The van der Waals surface area contributed by atoms with Gasteiger partial charge in [0.2, 0.25) is 5.91 Å². The quantitative estimate of drug-likeness (QED) is 0.743. The van der Waals surface area contributed by atoms with Gasteiger partial charge in [-0.3, -0.25) is 9.18 Å². The predicted molar refractivity (Wildman–Crippen MR) is 116 cm³/mol. The van der Waals surface area contributed by atoms with Gasteiger partial charge in [0.15, 0.2) is 0 Å². The molecule has 6 aliphatic rings. The van der Waals surface area contributed by atoms with Gasteiger partial charge in [-0.1, -0.05) is 30.3 Å². The number of halogens is 1. The Morgan fingerprint density at radius 2 is 1.77 bits per heavy atom. The van der Waals surface area contributed by atoms with E-state index in [1.807, 2.05) is 0 Å². The molecule has 1 aromatic rings. The minimum Gasteiger partial charge on any atom is -0.353 e. The third-order valence-corrected chi connectivity index (χ3v) is 9.76. The first-order chi connectivity index (χ1) is 14.4. The summed E-state index contributed by atoms with van der Waals surface area (Å²) in [6.07, 6.45) is 11.3. The zero-order valence-electron chi connectivity index (χ0n) is 18.0. The average molecular weight is 411 g/mol. The molecule has 1 spiro atoms. The second kappa shape index (κ2) is 6.31. The van der Waals surface area contributed by atoms with Crippen LogP contribution in [-0.4, -0.2) is 24.7 Å². The number of amides is 1. The van der Waals surface area contributed by atoms with Crippen molar-refractivity contribution in [2.75, 3.05) is 6.67 Å². The lowest BCUT2D eigenvalue weighted by Gasteiger charge is -2.66. The Morgan fingerprint density at radius 3 is 2.47 bits per heavy atom. The molecule has 7 rings (SSSR count). The number of carbonyl (C=O) groups excluding carboxylic acids is 1. The number of alkyl halides is 1. The highest BCUT2D eigenvalue weighted by Crippen LogP contribution is 2.71. The predicted octanol–water partition coefficient (Wildman–Crippen LogP) is 4.64. The molecular formula is C26H35FN2O. The maximum Gasteiger partial charge on any atom is 0.226 e. The molecule has 3 nitrogen and oxygen atoms in total. The topological polar surface area (TPSA) is 55.1 Å². The minimum atomic E-state index is -0.302. The first-order valence-electron chi connectivity index (χ1n) is 12.1. The SMILES string of the molecule is NC1CC2(C1)CC(NC(=O)C13CC4C[C@@](CCF)(C1)C[C@](c1ccccc1)(C4)C3)C2. The lowest BCUT2D eigenvalue weighted by atomic mass is 9.37. The summed E-state index contributed by atoms with van der Waals surface area (Å²) in [5.74, 6) is 0.828. The molecule has 0 saturated heterocycles. The molecule has 4 heteroatoms. The van der Waals surface area contributed by atoms with Gasteiger partial charge in [-0.15, -0.1) is 0 Å². The summed E-state index contributed by atoms with van der Waals surface area (Å²) in [4.78, 5) is 13.8. The monoisotopic (exact) mass is 410 g/mol. The van der Waals surface area contributed by atoms with Gasteiger partial charge in [-0.05, 0) is 98.4 Å². The van der Waals surface area contributed by atoms with Crippen molar-refractivity contribution in [2.45, 2.75) is 88.1 Å². The summed E-state index contributed by atoms with van der Waals surface area (Å²) in [6.45, 7) is -0.263. The molecule has 1 aromatic carbocycles. The van der Waals surface area contributed by atoms with Gasteiger partial charge in [-0.2, -0.15) is 0 Å². The van der Waals surface area contributed by atoms with E-state index in [1.165, 1.54) is 12.0 Å². The van der Waals surface area contributed by atoms with Crippen LogP contribution in [0.4, 0.5) is 4.39 Å². The molecule has 0 heterocycles. The molecule has 1 amide bonds. The fourth-order valence-corrected chi connectivity index (χ4v) is 9.30. The van der Waals surface area contributed by atoms with E-state index >= 15 is 0 Å². The number of carbonyl (C=O) groups is 1. The van der Waals surface area contributed by atoms with Crippen molar-refractivity contribution in [1.29, 1.82) is 0 Å². The van der Waals surface area contributed by atoms with Crippen LogP contribution in [0.15, 0.2) is 30.3 Å². The maximum absolute atomic E-state index is 13.8.